The van der Waals surface area contributed by atoms with Gasteiger partial charge in [-0.2, -0.15) is 0 Å². The van der Waals surface area contributed by atoms with Crippen molar-refractivity contribution in [1.29, 1.82) is 0 Å². The maximum atomic E-state index is 12.5. The molecule has 0 aliphatic carbocycles. The second-order valence-electron chi connectivity index (χ2n) is 6.80. The minimum absolute atomic E-state index is 0.234. The average Bonchev–Trinajstić information content (AvgIpc) is 2.75. The SMILES string of the molecule is COc1ccc(-c2nnc(N3CCN(Cc4ccccc4)CC3)[nH]c2=O)cc1. The van der Waals surface area contributed by atoms with Gasteiger partial charge in [-0.25, -0.2) is 0 Å². The molecule has 0 radical (unpaired) electrons. The van der Waals surface area contributed by atoms with Crippen LogP contribution in [0.15, 0.2) is 59.4 Å². The molecule has 7 nitrogen and oxygen atoms in total. The number of nitrogens with one attached hydrogen (secondary N) is 1. The number of H-pyrrole nitrogens is 1. The van der Waals surface area contributed by atoms with Gasteiger partial charge in [-0.15, -0.1) is 10.2 Å². The van der Waals surface area contributed by atoms with E-state index in [0.717, 1.165) is 38.5 Å². The van der Waals surface area contributed by atoms with E-state index in [1.54, 1.807) is 31.4 Å². The first-order chi connectivity index (χ1) is 13.7. The van der Waals surface area contributed by atoms with Gasteiger partial charge in [0.2, 0.25) is 5.95 Å². The number of hydrogen-bond acceptors (Lipinski definition) is 6. The van der Waals surface area contributed by atoms with Crippen LogP contribution in [0.1, 0.15) is 5.56 Å². The normalized spacial score (nSPS) is 14.8. The first-order valence-corrected chi connectivity index (χ1v) is 9.35. The fraction of sp³-hybridized carbons (Fsp3) is 0.286. The number of piperazine rings is 1. The highest BCUT2D eigenvalue weighted by Crippen LogP contribution is 2.18. The summed E-state index contributed by atoms with van der Waals surface area (Å²) in [5, 5.41) is 8.44. The van der Waals surface area contributed by atoms with Crippen LogP contribution in [0, 0.1) is 0 Å². The van der Waals surface area contributed by atoms with E-state index in [1.165, 1.54) is 5.56 Å². The minimum Gasteiger partial charge on any atom is -0.497 e. The van der Waals surface area contributed by atoms with E-state index in [0.29, 0.717) is 17.2 Å². The molecule has 0 bridgehead atoms. The van der Waals surface area contributed by atoms with E-state index < -0.39 is 0 Å². The summed E-state index contributed by atoms with van der Waals surface area (Å²) >= 11 is 0. The zero-order valence-corrected chi connectivity index (χ0v) is 15.8. The van der Waals surface area contributed by atoms with Gasteiger partial charge in [-0.1, -0.05) is 30.3 Å². The number of benzene rings is 2. The van der Waals surface area contributed by atoms with Crippen molar-refractivity contribution in [3.8, 4) is 17.0 Å². The predicted molar refractivity (Wildman–Crippen MR) is 109 cm³/mol. The fourth-order valence-electron chi connectivity index (χ4n) is 3.37. The second-order valence-corrected chi connectivity index (χ2v) is 6.80. The van der Waals surface area contributed by atoms with Crippen LogP contribution in [0.4, 0.5) is 5.95 Å². The number of aromatic nitrogens is 3. The Morgan fingerprint density at radius 2 is 1.68 bits per heavy atom. The molecular formula is C21H23N5O2. The molecule has 28 heavy (non-hydrogen) atoms. The highest BCUT2D eigenvalue weighted by molar-refractivity contribution is 5.59. The molecule has 1 fully saturated rings. The van der Waals surface area contributed by atoms with Crippen molar-refractivity contribution in [2.45, 2.75) is 6.54 Å². The number of anilines is 1. The molecule has 1 N–H and O–H groups in total. The lowest BCUT2D eigenvalue weighted by Gasteiger charge is -2.34. The molecule has 0 unspecified atom stereocenters. The number of aromatic amines is 1. The zero-order valence-electron chi connectivity index (χ0n) is 15.8. The van der Waals surface area contributed by atoms with Crippen molar-refractivity contribution in [2.75, 3.05) is 38.2 Å². The minimum atomic E-state index is -0.234. The first kappa shape index (κ1) is 18.2. The van der Waals surface area contributed by atoms with Crippen LogP contribution < -0.4 is 15.2 Å². The van der Waals surface area contributed by atoms with Crippen LogP contribution in [-0.4, -0.2) is 53.4 Å². The van der Waals surface area contributed by atoms with E-state index in [4.69, 9.17) is 4.74 Å². The molecule has 2 heterocycles. The quantitative estimate of drug-likeness (QED) is 0.735. The summed E-state index contributed by atoms with van der Waals surface area (Å²) in [6, 6.07) is 17.7. The molecule has 1 aromatic heterocycles. The molecule has 4 rings (SSSR count). The predicted octanol–water partition coefficient (Wildman–Crippen LogP) is 2.16. The van der Waals surface area contributed by atoms with Crippen molar-refractivity contribution >= 4 is 5.95 Å². The van der Waals surface area contributed by atoms with Gasteiger partial charge in [0.05, 0.1) is 7.11 Å². The Balaban J connectivity index is 1.41. The van der Waals surface area contributed by atoms with E-state index in [9.17, 15) is 4.79 Å². The van der Waals surface area contributed by atoms with Gasteiger partial charge in [0.1, 0.15) is 5.75 Å². The molecule has 3 aromatic rings. The Kier molecular flexibility index (Phi) is 5.34. The van der Waals surface area contributed by atoms with Gasteiger partial charge in [-0.3, -0.25) is 14.7 Å². The van der Waals surface area contributed by atoms with Crippen molar-refractivity contribution in [3.05, 3.63) is 70.5 Å². The lowest BCUT2D eigenvalue weighted by molar-refractivity contribution is 0.248. The van der Waals surface area contributed by atoms with Crippen molar-refractivity contribution in [1.82, 2.24) is 20.1 Å². The summed E-state index contributed by atoms with van der Waals surface area (Å²) in [5.41, 5.74) is 2.11. The number of nitrogens with zero attached hydrogens (tertiary/aromatic N) is 4. The van der Waals surface area contributed by atoms with Crippen LogP contribution in [0.25, 0.3) is 11.3 Å². The van der Waals surface area contributed by atoms with Crippen LogP contribution >= 0.6 is 0 Å². The van der Waals surface area contributed by atoms with Gasteiger partial charge in [-0.05, 0) is 29.8 Å². The molecule has 0 amide bonds. The maximum absolute atomic E-state index is 12.5. The molecule has 2 aromatic carbocycles. The van der Waals surface area contributed by atoms with Crippen molar-refractivity contribution in [2.24, 2.45) is 0 Å². The number of ether oxygens (including phenoxy) is 1. The Hall–Kier alpha value is -3.19. The maximum Gasteiger partial charge on any atom is 0.279 e. The summed E-state index contributed by atoms with van der Waals surface area (Å²) in [4.78, 5) is 19.9. The first-order valence-electron chi connectivity index (χ1n) is 9.35. The molecular weight excluding hydrogens is 354 g/mol. The lowest BCUT2D eigenvalue weighted by Crippen LogP contribution is -2.47. The summed E-state index contributed by atoms with van der Waals surface area (Å²) in [6.45, 7) is 4.38. The Morgan fingerprint density at radius 3 is 2.32 bits per heavy atom. The summed E-state index contributed by atoms with van der Waals surface area (Å²) in [6.07, 6.45) is 0. The molecule has 1 saturated heterocycles. The van der Waals surface area contributed by atoms with E-state index >= 15 is 0 Å². The number of methoxy groups -OCH3 is 1. The van der Waals surface area contributed by atoms with Gasteiger partial charge in [0.15, 0.2) is 5.69 Å². The lowest BCUT2D eigenvalue weighted by atomic mass is 10.1. The standard InChI is InChI=1S/C21H23N5O2/c1-28-18-9-7-17(8-10-18)19-20(27)22-21(24-23-19)26-13-11-25(12-14-26)15-16-5-3-2-4-6-16/h2-10H,11-15H2,1H3,(H,22,24,27). The van der Waals surface area contributed by atoms with E-state index in [1.807, 2.05) is 6.07 Å². The Bertz CT molecular complexity index is 964. The fourth-order valence-corrected chi connectivity index (χ4v) is 3.37. The van der Waals surface area contributed by atoms with Gasteiger partial charge in [0, 0.05) is 38.3 Å². The van der Waals surface area contributed by atoms with E-state index in [-0.39, 0.29) is 5.56 Å². The molecule has 144 valence electrons. The monoisotopic (exact) mass is 377 g/mol. The highest BCUT2D eigenvalue weighted by Gasteiger charge is 2.20. The zero-order chi connectivity index (χ0) is 19.3. The second kappa shape index (κ2) is 8.22. The third-order valence-electron chi connectivity index (χ3n) is 4.97. The van der Waals surface area contributed by atoms with Crippen LogP contribution in [0.2, 0.25) is 0 Å². The third kappa shape index (κ3) is 4.04. The number of hydrogen-bond donors (Lipinski definition) is 1. The Labute approximate surface area is 163 Å². The van der Waals surface area contributed by atoms with E-state index in [2.05, 4.69) is 49.2 Å². The van der Waals surface area contributed by atoms with Crippen molar-refractivity contribution in [3.63, 3.8) is 0 Å². The number of rotatable bonds is 5. The van der Waals surface area contributed by atoms with Gasteiger partial charge in [0.25, 0.3) is 5.56 Å². The molecule has 1 aliphatic rings. The average molecular weight is 377 g/mol. The molecule has 0 atom stereocenters. The van der Waals surface area contributed by atoms with Crippen molar-refractivity contribution < 1.29 is 4.74 Å². The van der Waals surface area contributed by atoms with Crippen LogP contribution in [0.3, 0.4) is 0 Å². The summed E-state index contributed by atoms with van der Waals surface area (Å²) in [5.74, 6) is 1.26. The van der Waals surface area contributed by atoms with Crippen LogP contribution in [-0.2, 0) is 6.54 Å². The topological polar surface area (TPSA) is 74.4 Å². The molecule has 1 aliphatic heterocycles. The van der Waals surface area contributed by atoms with Crippen LogP contribution in [0.5, 0.6) is 5.75 Å². The third-order valence-corrected chi connectivity index (χ3v) is 4.97. The Morgan fingerprint density at radius 1 is 0.964 bits per heavy atom. The summed E-state index contributed by atoms with van der Waals surface area (Å²) < 4.78 is 5.15. The van der Waals surface area contributed by atoms with Gasteiger partial charge < -0.3 is 9.64 Å². The molecule has 0 spiro atoms. The van der Waals surface area contributed by atoms with Gasteiger partial charge >= 0.3 is 0 Å². The summed E-state index contributed by atoms with van der Waals surface area (Å²) in [7, 11) is 1.61. The molecule has 0 saturated carbocycles. The molecule has 7 heteroatoms. The smallest absolute Gasteiger partial charge is 0.279 e. The largest absolute Gasteiger partial charge is 0.497 e. The highest BCUT2D eigenvalue weighted by atomic mass is 16.5.